The maximum Gasteiger partial charge on any atom is 0.122 e. The first kappa shape index (κ1) is 12.6. The summed E-state index contributed by atoms with van der Waals surface area (Å²) in [5.74, 6) is 1.28. The Kier molecular flexibility index (Phi) is 3.48. The number of aromatic nitrogens is 2. The molecule has 100 valence electrons. The molecule has 2 atom stereocenters. The maximum atomic E-state index is 10.4. The van der Waals surface area contributed by atoms with Gasteiger partial charge < -0.3 is 9.84 Å². The highest BCUT2D eigenvalue weighted by Crippen LogP contribution is 2.39. The van der Waals surface area contributed by atoms with E-state index in [4.69, 9.17) is 4.74 Å². The Morgan fingerprint density at radius 3 is 3.11 bits per heavy atom. The van der Waals surface area contributed by atoms with Crippen molar-refractivity contribution in [3.63, 3.8) is 0 Å². The summed E-state index contributed by atoms with van der Waals surface area (Å²) in [5, 5.41) is 14.3. The highest BCUT2D eigenvalue weighted by Gasteiger charge is 2.25. The van der Waals surface area contributed by atoms with Gasteiger partial charge >= 0.3 is 0 Å². The second-order valence-corrected chi connectivity index (χ2v) is 5.63. The average Bonchev–Trinajstić information content (AvgIpc) is 2.85. The molecule has 1 aliphatic heterocycles. The van der Waals surface area contributed by atoms with Crippen molar-refractivity contribution < 1.29 is 9.84 Å². The lowest BCUT2D eigenvalue weighted by Gasteiger charge is -2.27. The molecule has 5 heteroatoms. The Hall–Kier alpha value is -1.46. The summed E-state index contributed by atoms with van der Waals surface area (Å²) in [6.07, 6.45) is 1.15. The van der Waals surface area contributed by atoms with Gasteiger partial charge in [0.15, 0.2) is 0 Å². The summed E-state index contributed by atoms with van der Waals surface area (Å²) < 4.78 is 9.53. The lowest BCUT2D eigenvalue weighted by atomic mass is 9.88. The van der Waals surface area contributed by atoms with Crippen LogP contribution >= 0.6 is 11.5 Å². The standard InChI is InChI=1S/C14H16N2O2S/c1-9-14(19-16-15-9)12(17)8-10-6-7-18-13-5-3-2-4-11(10)13/h2-5,10,12,17H,6-8H2,1H3. The van der Waals surface area contributed by atoms with E-state index in [1.807, 2.05) is 25.1 Å². The third kappa shape index (κ3) is 2.48. The quantitative estimate of drug-likeness (QED) is 0.936. The third-order valence-electron chi connectivity index (χ3n) is 3.58. The average molecular weight is 276 g/mol. The molecule has 1 N–H and O–H groups in total. The van der Waals surface area contributed by atoms with Crippen molar-refractivity contribution in [1.82, 2.24) is 9.59 Å². The van der Waals surface area contributed by atoms with Crippen molar-refractivity contribution in [2.45, 2.75) is 31.8 Å². The predicted molar refractivity (Wildman–Crippen MR) is 73.5 cm³/mol. The van der Waals surface area contributed by atoms with Gasteiger partial charge in [-0.05, 0) is 48.8 Å². The van der Waals surface area contributed by atoms with Gasteiger partial charge in [0.1, 0.15) is 5.75 Å². The van der Waals surface area contributed by atoms with Crippen molar-refractivity contribution >= 4 is 11.5 Å². The van der Waals surface area contributed by atoms with Gasteiger partial charge in [-0.3, -0.25) is 0 Å². The van der Waals surface area contributed by atoms with E-state index in [1.54, 1.807) is 0 Å². The second kappa shape index (κ2) is 5.27. The van der Waals surface area contributed by atoms with Gasteiger partial charge in [-0.25, -0.2) is 0 Å². The lowest BCUT2D eigenvalue weighted by molar-refractivity contribution is 0.147. The van der Waals surface area contributed by atoms with E-state index >= 15 is 0 Å². The van der Waals surface area contributed by atoms with Crippen LogP contribution in [0, 0.1) is 6.92 Å². The SMILES string of the molecule is Cc1nnsc1C(O)CC1CCOc2ccccc21. The van der Waals surface area contributed by atoms with Crippen LogP contribution in [0.4, 0.5) is 0 Å². The number of hydrogen-bond acceptors (Lipinski definition) is 5. The molecule has 0 aliphatic carbocycles. The number of fused-ring (bicyclic) bond motifs is 1. The monoisotopic (exact) mass is 276 g/mol. The maximum absolute atomic E-state index is 10.4. The molecule has 0 saturated carbocycles. The van der Waals surface area contributed by atoms with E-state index in [9.17, 15) is 5.11 Å². The van der Waals surface area contributed by atoms with Crippen LogP contribution in [0.15, 0.2) is 24.3 Å². The number of hydrogen-bond donors (Lipinski definition) is 1. The minimum atomic E-state index is -0.490. The van der Waals surface area contributed by atoms with Crippen LogP contribution in [-0.2, 0) is 0 Å². The topological polar surface area (TPSA) is 55.2 Å². The first-order valence-corrected chi connectivity index (χ1v) is 7.21. The zero-order valence-electron chi connectivity index (χ0n) is 10.7. The van der Waals surface area contributed by atoms with Crippen LogP contribution in [0.1, 0.15) is 41.0 Å². The smallest absolute Gasteiger partial charge is 0.122 e. The number of benzene rings is 1. The summed E-state index contributed by atoms with van der Waals surface area (Å²) in [7, 11) is 0. The van der Waals surface area contributed by atoms with Gasteiger partial charge in [-0.1, -0.05) is 22.7 Å². The third-order valence-corrected chi connectivity index (χ3v) is 4.51. The molecule has 0 bridgehead atoms. The van der Waals surface area contributed by atoms with Crippen LogP contribution in [-0.4, -0.2) is 21.3 Å². The summed E-state index contributed by atoms with van der Waals surface area (Å²) >= 11 is 1.29. The van der Waals surface area contributed by atoms with Crippen LogP contribution in [0.25, 0.3) is 0 Å². The molecule has 2 heterocycles. The van der Waals surface area contributed by atoms with Crippen LogP contribution in [0.5, 0.6) is 5.75 Å². The largest absolute Gasteiger partial charge is 0.493 e. The van der Waals surface area contributed by atoms with Crippen molar-refractivity contribution in [3.05, 3.63) is 40.4 Å². The highest BCUT2D eigenvalue weighted by atomic mass is 32.1. The molecular formula is C14H16N2O2S. The van der Waals surface area contributed by atoms with E-state index in [-0.39, 0.29) is 0 Å². The van der Waals surface area contributed by atoms with Crippen molar-refractivity contribution in [1.29, 1.82) is 0 Å². The van der Waals surface area contributed by atoms with E-state index < -0.39 is 6.10 Å². The fourth-order valence-corrected chi connectivity index (χ4v) is 3.22. The summed E-state index contributed by atoms with van der Waals surface area (Å²) in [6.45, 7) is 2.61. The van der Waals surface area contributed by atoms with Gasteiger partial charge in [-0.15, -0.1) is 5.10 Å². The summed E-state index contributed by atoms with van der Waals surface area (Å²) in [6, 6.07) is 8.08. The number of aryl methyl sites for hydroxylation is 1. The van der Waals surface area contributed by atoms with E-state index in [1.165, 1.54) is 17.1 Å². The van der Waals surface area contributed by atoms with Crippen LogP contribution in [0.3, 0.4) is 0 Å². The molecule has 0 spiro atoms. The van der Waals surface area contributed by atoms with Crippen molar-refractivity contribution in [2.24, 2.45) is 0 Å². The molecule has 0 radical (unpaired) electrons. The van der Waals surface area contributed by atoms with Crippen LogP contribution < -0.4 is 4.74 Å². The highest BCUT2D eigenvalue weighted by molar-refractivity contribution is 7.05. The Balaban J connectivity index is 1.80. The number of aliphatic hydroxyl groups is 1. The first-order chi connectivity index (χ1) is 9.25. The second-order valence-electron chi connectivity index (χ2n) is 4.85. The molecule has 2 unspecified atom stereocenters. The van der Waals surface area contributed by atoms with Crippen molar-refractivity contribution in [2.75, 3.05) is 6.61 Å². The number of para-hydroxylation sites is 1. The zero-order valence-corrected chi connectivity index (χ0v) is 11.6. The number of ether oxygens (including phenoxy) is 1. The van der Waals surface area contributed by atoms with Gasteiger partial charge in [0.25, 0.3) is 0 Å². The fourth-order valence-electron chi connectivity index (χ4n) is 2.58. The fraction of sp³-hybridized carbons (Fsp3) is 0.429. The molecular weight excluding hydrogens is 260 g/mol. The first-order valence-electron chi connectivity index (χ1n) is 6.44. The summed E-state index contributed by atoms with van der Waals surface area (Å²) in [5.41, 5.74) is 2.03. The molecule has 2 aromatic rings. The minimum absolute atomic E-state index is 0.335. The minimum Gasteiger partial charge on any atom is -0.493 e. The molecule has 19 heavy (non-hydrogen) atoms. The number of aliphatic hydroxyl groups excluding tert-OH is 1. The van der Waals surface area contributed by atoms with E-state index in [0.29, 0.717) is 18.9 Å². The predicted octanol–water partition coefficient (Wildman–Crippen LogP) is 2.84. The molecule has 1 aliphatic rings. The molecule has 0 amide bonds. The Labute approximate surface area is 116 Å². The zero-order chi connectivity index (χ0) is 13.2. The van der Waals surface area contributed by atoms with E-state index in [2.05, 4.69) is 15.7 Å². The molecule has 1 aromatic heterocycles. The van der Waals surface area contributed by atoms with Gasteiger partial charge in [0.2, 0.25) is 0 Å². The Morgan fingerprint density at radius 1 is 1.47 bits per heavy atom. The number of nitrogens with zero attached hydrogens (tertiary/aromatic N) is 2. The molecule has 4 nitrogen and oxygen atoms in total. The molecule has 0 fully saturated rings. The van der Waals surface area contributed by atoms with Gasteiger partial charge in [0, 0.05) is 0 Å². The molecule has 1 aromatic carbocycles. The Morgan fingerprint density at radius 2 is 2.32 bits per heavy atom. The molecule has 3 rings (SSSR count). The van der Waals surface area contributed by atoms with Gasteiger partial charge in [0.05, 0.1) is 23.3 Å². The summed E-state index contributed by atoms with van der Waals surface area (Å²) in [4.78, 5) is 0.879. The number of rotatable bonds is 3. The molecule has 0 saturated heterocycles. The van der Waals surface area contributed by atoms with Crippen molar-refractivity contribution in [3.8, 4) is 5.75 Å². The Bertz CT molecular complexity index is 570. The van der Waals surface area contributed by atoms with Crippen LogP contribution in [0.2, 0.25) is 0 Å². The normalized spacial score (nSPS) is 19.6. The van der Waals surface area contributed by atoms with Gasteiger partial charge in [-0.2, -0.15) is 0 Å². The lowest BCUT2D eigenvalue weighted by Crippen LogP contribution is -2.16. The van der Waals surface area contributed by atoms with E-state index in [0.717, 1.165) is 22.7 Å².